The lowest BCUT2D eigenvalue weighted by Crippen LogP contribution is -1.97. The van der Waals surface area contributed by atoms with Crippen LogP contribution in [-0.4, -0.2) is 24.6 Å². The molecular formula is C14H10Cl2N2O2S. The summed E-state index contributed by atoms with van der Waals surface area (Å²) in [6, 6.07) is 10.2. The highest BCUT2D eigenvalue weighted by Crippen LogP contribution is 2.33. The first-order chi connectivity index (χ1) is 9.88. The third kappa shape index (κ3) is 2.52. The predicted octanol–water partition coefficient (Wildman–Crippen LogP) is 3.94. The molecule has 0 aliphatic heterocycles. The first-order valence-corrected chi connectivity index (χ1v) is 8.66. The van der Waals surface area contributed by atoms with Gasteiger partial charge in [0.25, 0.3) is 0 Å². The van der Waals surface area contributed by atoms with Crippen molar-refractivity contribution in [3.63, 3.8) is 0 Å². The van der Waals surface area contributed by atoms with Crippen molar-refractivity contribution >= 4 is 44.1 Å². The number of aromatic amines is 1. The topological polar surface area (TPSA) is 62.8 Å². The third-order valence-corrected chi connectivity index (χ3v) is 5.03. The number of para-hydroxylation sites is 1. The van der Waals surface area contributed by atoms with E-state index in [-0.39, 0.29) is 4.90 Å². The van der Waals surface area contributed by atoms with E-state index in [1.165, 1.54) is 6.07 Å². The summed E-state index contributed by atoms with van der Waals surface area (Å²) in [4.78, 5) is 7.63. The minimum absolute atomic E-state index is 0.181. The fourth-order valence-corrected chi connectivity index (χ4v) is 3.34. The Hall–Kier alpha value is -1.56. The molecule has 2 aromatic carbocycles. The fourth-order valence-electron chi connectivity index (χ4n) is 2.12. The van der Waals surface area contributed by atoms with Gasteiger partial charge in [-0.2, -0.15) is 0 Å². The number of rotatable bonds is 2. The Kier molecular flexibility index (Phi) is 3.43. The summed E-state index contributed by atoms with van der Waals surface area (Å²) in [5.41, 5.74) is 1.65. The van der Waals surface area contributed by atoms with Crippen molar-refractivity contribution in [2.24, 2.45) is 0 Å². The lowest BCUT2D eigenvalue weighted by atomic mass is 10.2. The standard InChI is InChI=1S/C14H10Cl2N2O2S/c1-21(19,20)11-7-3-6-10-13(11)18-14(17-10)8-4-2-5-9(15)12(8)16/h2-7H,1H3,(H,17,18). The minimum atomic E-state index is -3.36. The molecule has 0 saturated carbocycles. The van der Waals surface area contributed by atoms with Gasteiger partial charge < -0.3 is 4.98 Å². The highest BCUT2D eigenvalue weighted by molar-refractivity contribution is 7.91. The van der Waals surface area contributed by atoms with Crippen LogP contribution in [0.2, 0.25) is 10.0 Å². The second-order valence-electron chi connectivity index (χ2n) is 4.61. The van der Waals surface area contributed by atoms with E-state index in [0.717, 1.165) is 6.26 Å². The molecule has 7 heteroatoms. The first-order valence-electron chi connectivity index (χ1n) is 6.01. The molecule has 0 atom stereocenters. The van der Waals surface area contributed by atoms with Crippen LogP contribution in [0.15, 0.2) is 41.3 Å². The molecule has 0 radical (unpaired) electrons. The average Bonchev–Trinajstić information content (AvgIpc) is 2.84. The number of benzene rings is 2. The van der Waals surface area contributed by atoms with Gasteiger partial charge in [0.15, 0.2) is 9.84 Å². The molecule has 1 N–H and O–H groups in total. The molecular weight excluding hydrogens is 331 g/mol. The Morgan fingerprint density at radius 2 is 1.81 bits per heavy atom. The molecule has 0 spiro atoms. The Bertz CT molecular complexity index is 949. The monoisotopic (exact) mass is 340 g/mol. The van der Waals surface area contributed by atoms with Crippen LogP contribution in [0, 0.1) is 0 Å². The van der Waals surface area contributed by atoms with E-state index in [0.29, 0.717) is 32.5 Å². The minimum Gasteiger partial charge on any atom is -0.338 e. The van der Waals surface area contributed by atoms with Gasteiger partial charge in [-0.1, -0.05) is 35.3 Å². The van der Waals surface area contributed by atoms with Crippen molar-refractivity contribution in [2.75, 3.05) is 6.26 Å². The van der Waals surface area contributed by atoms with Crippen LogP contribution in [0.1, 0.15) is 0 Å². The molecule has 0 unspecified atom stereocenters. The van der Waals surface area contributed by atoms with Crippen molar-refractivity contribution in [2.45, 2.75) is 4.90 Å². The Labute approximate surface area is 131 Å². The Morgan fingerprint density at radius 1 is 1.10 bits per heavy atom. The molecule has 1 aromatic heterocycles. The first kappa shape index (κ1) is 14.4. The molecule has 0 saturated heterocycles. The van der Waals surface area contributed by atoms with Gasteiger partial charge in [0.05, 0.1) is 20.5 Å². The zero-order chi connectivity index (χ0) is 15.2. The van der Waals surface area contributed by atoms with Crippen LogP contribution in [0.5, 0.6) is 0 Å². The molecule has 1 heterocycles. The van der Waals surface area contributed by atoms with Gasteiger partial charge >= 0.3 is 0 Å². The highest BCUT2D eigenvalue weighted by atomic mass is 35.5. The number of imidazole rings is 1. The molecule has 0 aliphatic carbocycles. The van der Waals surface area contributed by atoms with E-state index in [9.17, 15) is 8.42 Å². The van der Waals surface area contributed by atoms with Crippen molar-refractivity contribution in [3.8, 4) is 11.4 Å². The average molecular weight is 341 g/mol. The summed E-state index contributed by atoms with van der Waals surface area (Å²) >= 11 is 12.2. The van der Waals surface area contributed by atoms with Gasteiger partial charge in [0.2, 0.25) is 0 Å². The Morgan fingerprint density at radius 3 is 2.52 bits per heavy atom. The van der Waals surface area contributed by atoms with Gasteiger partial charge in [0, 0.05) is 11.8 Å². The summed E-state index contributed by atoms with van der Waals surface area (Å²) in [6.45, 7) is 0. The molecule has 0 bridgehead atoms. The fraction of sp³-hybridized carbons (Fsp3) is 0.0714. The van der Waals surface area contributed by atoms with Gasteiger partial charge in [-0.25, -0.2) is 13.4 Å². The van der Waals surface area contributed by atoms with E-state index in [4.69, 9.17) is 23.2 Å². The lowest BCUT2D eigenvalue weighted by Gasteiger charge is -2.01. The van der Waals surface area contributed by atoms with Crippen LogP contribution in [0.4, 0.5) is 0 Å². The van der Waals surface area contributed by atoms with Gasteiger partial charge in [-0.3, -0.25) is 0 Å². The second-order valence-corrected chi connectivity index (χ2v) is 7.38. The van der Waals surface area contributed by atoms with Crippen molar-refractivity contribution in [1.29, 1.82) is 0 Å². The summed E-state index contributed by atoms with van der Waals surface area (Å²) < 4.78 is 23.6. The van der Waals surface area contributed by atoms with Crippen LogP contribution in [0.25, 0.3) is 22.4 Å². The lowest BCUT2D eigenvalue weighted by molar-refractivity contribution is 0.602. The molecule has 3 aromatic rings. The second kappa shape index (κ2) is 5.02. The normalized spacial score (nSPS) is 12.0. The summed E-state index contributed by atoms with van der Waals surface area (Å²) in [5, 5.41) is 0.789. The number of aromatic nitrogens is 2. The van der Waals surface area contributed by atoms with E-state index in [1.807, 2.05) is 0 Å². The quantitative estimate of drug-likeness (QED) is 0.768. The summed E-state index contributed by atoms with van der Waals surface area (Å²) in [5.74, 6) is 0.480. The van der Waals surface area contributed by atoms with Crippen molar-refractivity contribution in [1.82, 2.24) is 9.97 Å². The number of sulfone groups is 1. The Balaban J connectivity index is 2.30. The predicted molar refractivity (Wildman–Crippen MR) is 84.7 cm³/mol. The van der Waals surface area contributed by atoms with E-state index < -0.39 is 9.84 Å². The third-order valence-electron chi connectivity index (χ3n) is 3.08. The molecule has 0 amide bonds. The number of nitrogens with one attached hydrogen (secondary N) is 1. The maximum absolute atomic E-state index is 11.8. The number of fused-ring (bicyclic) bond motifs is 1. The summed E-state index contributed by atoms with van der Waals surface area (Å²) in [6.07, 6.45) is 1.16. The number of hydrogen-bond acceptors (Lipinski definition) is 3. The van der Waals surface area contributed by atoms with E-state index in [2.05, 4.69) is 9.97 Å². The molecule has 108 valence electrons. The van der Waals surface area contributed by atoms with E-state index in [1.54, 1.807) is 30.3 Å². The molecule has 0 fully saturated rings. The molecule has 4 nitrogen and oxygen atoms in total. The molecule has 3 rings (SSSR count). The van der Waals surface area contributed by atoms with Crippen LogP contribution < -0.4 is 0 Å². The number of nitrogens with zero attached hydrogens (tertiary/aromatic N) is 1. The SMILES string of the molecule is CS(=O)(=O)c1cccc2[nH]c(-c3cccc(Cl)c3Cl)nc12. The van der Waals surface area contributed by atoms with Gasteiger partial charge in [-0.15, -0.1) is 0 Å². The zero-order valence-corrected chi connectivity index (χ0v) is 13.2. The molecule has 0 aliphatic rings. The highest BCUT2D eigenvalue weighted by Gasteiger charge is 2.17. The van der Waals surface area contributed by atoms with E-state index >= 15 is 0 Å². The smallest absolute Gasteiger partial charge is 0.177 e. The number of halogens is 2. The van der Waals surface area contributed by atoms with Crippen LogP contribution in [0.3, 0.4) is 0 Å². The van der Waals surface area contributed by atoms with Crippen LogP contribution in [-0.2, 0) is 9.84 Å². The zero-order valence-electron chi connectivity index (χ0n) is 10.9. The van der Waals surface area contributed by atoms with Crippen molar-refractivity contribution in [3.05, 3.63) is 46.4 Å². The van der Waals surface area contributed by atoms with Crippen molar-refractivity contribution < 1.29 is 8.42 Å². The number of H-pyrrole nitrogens is 1. The largest absolute Gasteiger partial charge is 0.338 e. The molecule has 21 heavy (non-hydrogen) atoms. The van der Waals surface area contributed by atoms with Gasteiger partial charge in [-0.05, 0) is 24.3 Å². The maximum Gasteiger partial charge on any atom is 0.177 e. The number of hydrogen-bond donors (Lipinski definition) is 1. The maximum atomic E-state index is 11.8. The summed E-state index contributed by atoms with van der Waals surface area (Å²) in [7, 11) is -3.36. The van der Waals surface area contributed by atoms with Crippen LogP contribution >= 0.6 is 23.2 Å². The van der Waals surface area contributed by atoms with Gasteiger partial charge in [0.1, 0.15) is 11.3 Å².